The van der Waals surface area contributed by atoms with Crippen molar-refractivity contribution in [3.8, 4) is 0 Å². The molecule has 0 aromatic heterocycles. The first-order valence-corrected chi connectivity index (χ1v) is 13.1. The van der Waals surface area contributed by atoms with E-state index in [1.54, 1.807) is 0 Å². The fourth-order valence-electron chi connectivity index (χ4n) is 3.31. The van der Waals surface area contributed by atoms with Crippen LogP contribution >= 0.6 is 0 Å². The van der Waals surface area contributed by atoms with E-state index in [1.165, 1.54) is 103 Å². The lowest BCUT2D eigenvalue weighted by Crippen LogP contribution is -2.21. The van der Waals surface area contributed by atoms with Crippen LogP contribution in [0.25, 0.3) is 0 Å². The van der Waals surface area contributed by atoms with E-state index in [9.17, 15) is 8.42 Å². The van der Waals surface area contributed by atoms with Crippen molar-refractivity contribution < 1.29 is 16.8 Å². The Morgan fingerprint density at radius 1 is 0.679 bits per heavy atom. The Balaban J connectivity index is 0.00000102. The van der Waals surface area contributed by atoms with Gasteiger partial charge in [0.2, 0.25) is 0 Å². The monoisotopic (exact) mass is 421 g/mol. The first kappa shape index (κ1) is 27.8. The first-order valence-electron chi connectivity index (χ1n) is 11.8. The van der Waals surface area contributed by atoms with E-state index in [4.69, 9.17) is 0 Å². The minimum absolute atomic E-state index is 0.230. The van der Waals surface area contributed by atoms with Crippen molar-refractivity contribution >= 4 is 10.4 Å². The number of hydrogen-bond donors (Lipinski definition) is 1. The molecule has 0 spiro atoms. The predicted octanol–water partition coefficient (Wildman–Crippen LogP) is 6.14. The Kier molecular flexibility index (Phi) is 21.4. The van der Waals surface area contributed by atoms with Gasteiger partial charge in [-0.1, -0.05) is 96.8 Å². The van der Waals surface area contributed by atoms with Crippen molar-refractivity contribution in [1.82, 2.24) is 5.32 Å². The van der Waals surface area contributed by atoms with E-state index in [0.717, 1.165) is 26.4 Å². The van der Waals surface area contributed by atoms with Crippen LogP contribution in [-0.4, -0.2) is 35.2 Å². The third-order valence-corrected chi connectivity index (χ3v) is 6.00. The maximum Gasteiger partial charge on any atom is 0.399 e. The summed E-state index contributed by atoms with van der Waals surface area (Å²) in [5.41, 5.74) is 0. The lowest BCUT2D eigenvalue weighted by atomic mass is 10.0. The van der Waals surface area contributed by atoms with Crippen LogP contribution in [0, 0.1) is 0 Å². The van der Waals surface area contributed by atoms with Crippen LogP contribution in [0.15, 0.2) is 0 Å². The Hall–Kier alpha value is -0.170. The number of unbranched alkanes of at least 4 members (excludes halogenated alkanes) is 13. The highest BCUT2D eigenvalue weighted by atomic mass is 32.3. The lowest BCUT2D eigenvalue weighted by Gasteiger charge is -2.08. The van der Waals surface area contributed by atoms with Gasteiger partial charge in [-0.15, -0.1) is 0 Å². The standard InChI is InChI=1S/C17H36O4S.C5H11N/c1-3-4-5-6-7-8-9-10-11-12-13-14-15-16-17-21-22(18,19)20-2;1-2-4-6-5-3-1/h3-17H2,1-2H3;6H,1-5H2. The van der Waals surface area contributed by atoms with E-state index >= 15 is 0 Å². The minimum atomic E-state index is -3.74. The van der Waals surface area contributed by atoms with Gasteiger partial charge in [-0.05, 0) is 32.4 Å². The van der Waals surface area contributed by atoms with Gasteiger partial charge in [0.05, 0.1) is 13.7 Å². The van der Waals surface area contributed by atoms with Crippen LogP contribution in [-0.2, 0) is 18.8 Å². The van der Waals surface area contributed by atoms with Gasteiger partial charge in [0, 0.05) is 0 Å². The molecule has 0 unspecified atom stereocenters. The maximum atomic E-state index is 10.9. The third kappa shape index (κ3) is 22.1. The number of nitrogens with one attached hydrogen (secondary N) is 1. The average molecular weight is 422 g/mol. The van der Waals surface area contributed by atoms with Gasteiger partial charge in [0.25, 0.3) is 0 Å². The predicted molar refractivity (Wildman–Crippen MR) is 119 cm³/mol. The van der Waals surface area contributed by atoms with Gasteiger partial charge >= 0.3 is 10.4 Å². The van der Waals surface area contributed by atoms with Crippen molar-refractivity contribution in [3.05, 3.63) is 0 Å². The normalized spacial score (nSPS) is 14.5. The fourth-order valence-corrected chi connectivity index (χ4v) is 3.73. The molecule has 0 atom stereocenters. The topological polar surface area (TPSA) is 64.6 Å². The largest absolute Gasteiger partial charge is 0.399 e. The van der Waals surface area contributed by atoms with Crippen molar-refractivity contribution in [2.24, 2.45) is 0 Å². The minimum Gasteiger partial charge on any atom is -0.317 e. The molecule has 1 aliphatic heterocycles. The molecule has 1 fully saturated rings. The molecule has 1 aliphatic rings. The summed E-state index contributed by atoms with van der Waals surface area (Å²) in [6.45, 7) is 4.99. The molecule has 6 heteroatoms. The zero-order valence-electron chi connectivity index (χ0n) is 18.7. The Bertz CT molecular complexity index is 386. The van der Waals surface area contributed by atoms with Crippen molar-refractivity contribution in [3.63, 3.8) is 0 Å². The molecule has 28 heavy (non-hydrogen) atoms. The summed E-state index contributed by atoms with van der Waals surface area (Å²) < 4.78 is 30.6. The first-order chi connectivity index (χ1) is 13.6. The number of rotatable bonds is 17. The Morgan fingerprint density at radius 3 is 1.43 bits per heavy atom. The highest BCUT2D eigenvalue weighted by Crippen LogP contribution is 2.13. The molecule has 0 aliphatic carbocycles. The summed E-state index contributed by atoms with van der Waals surface area (Å²) in [5.74, 6) is 0. The second-order valence-electron chi connectivity index (χ2n) is 7.80. The van der Waals surface area contributed by atoms with Gasteiger partial charge in [0.1, 0.15) is 0 Å². The lowest BCUT2D eigenvalue weighted by molar-refractivity contribution is 0.238. The summed E-state index contributed by atoms with van der Waals surface area (Å²) >= 11 is 0. The van der Waals surface area contributed by atoms with Crippen LogP contribution in [0.3, 0.4) is 0 Å². The molecule has 1 N–H and O–H groups in total. The molecule has 1 saturated heterocycles. The number of hydrogen-bond acceptors (Lipinski definition) is 5. The second-order valence-corrected chi connectivity index (χ2v) is 9.19. The van der Waals surface area contributed by atoms with E-state index < -0.39 is 10.4 Å². The van der Waals surface area contributed by atoms with E-state index in [0.29, 0.717) is 0 Å². The van der Waals surface area contributed by atoms with E-state index in [-0.39, 0.29) is 6.61 Å². The fraction of sp³-hybridized carbons (Fsp3) is 1.00. The SMILES string of the molecule is C1CCNCC1.CCCCCCCCCCCCCCCCOS(=O)(=O)OC. The van der Waals surface area contributed by atoms with E-state index in [1.807, 2.05) is 0 Å². The third-order valence-electron chi connectivity index (χ3n) is 5.14. The second kappa shape index (κ2) is 21.5. The molecule has 1 rings (SSSR count). The summed E-state index contributed by atoms with van der Waals surface area (Å²) in [6.07, 6.45) is 22.1. The Labute approximate surface area is 175 Å². The molecule has 0 bridgehead atoms. The summed E-state index contributed by atoms with van der Waals surface area (Å²) in [5, 5.41) is 3.28. The van der Waals surface area contributed by atoms with Crippen LogP contribution in [0.2, 0.25) is 0 Å². The van der Waals surface area contributed by atoms with Crippen LogP contribution in [0.4, 0.5) is 0 Å². The molecule has 170 valence electrons. The molecular formula is C22H47NO4S. The number of piperidine rings is 1. The summed E-state index contributed by atoms with van der Waals surface area (Å²) in [4.78, 5) is 0. The van der Waals surface area contributed by atoms with Gasteiger partial charge < -0.3 is 5.32 Å². The molecule has 0 radical (unpaired) electrons. The van der Waals surface area contributed by atoms with Crippen molar-refractivity contribution in [2.75, 3.05) is 26.8 Å². The maximum absolute atomic E-state index is 10.9. The summed E-state index contributed by atoms with van der Waals surface area (Å²) in [7, 11) is -2.63. The van der Waals surface area contributed by atoms with Gasteiger partial charge in [-0.2, -0.15) is 8.42 Å². The zero-order valence-corrected chi connectivity index (χ0v) is 19.5. The highest BCUT2D eigenvalue weighted by molar-refractivity contribution is 7.81. The van der Waals surface area contributed by atoms with Gasteiger partial charge in [0.15, 0.2) is 0 Å². The highest BCUT2D eigenvalue weighted by Gasteiger charge is 2.07. The van der Waals surface area contributed by atoms with Crippen molar-refractivity contribution in [2.45, 2.75) is 116 Å². The molecule has 0 amide bonds. The Morgan fingerprint density at radius 2 is 1.11 bits per heavy atom. The molecular weight excluding hydrogens is 374 g/mol. The molecule has 5 nitrogen and oxygen atoms in total. The van der Waals surface area contributed by atoms with Crippen LogP contribution in [0.1, 0.15) is 116 Å². The van der Waals surface area contributed by atoms with Gasteiger partial charge in [-0.25, -0.2) is 4.18 Å². The zero-order chi connectivity index (χ0) is 20.8. The van der Waals surface area contributed by atoms with E-state index in [2.05, 4.69) is 20.6 Å². The molecule has 0 aromatic carbocycles. The quantitative estimate of drug-likeness (QED) is 0.286. The molecule has 0 saturated carbocycles. The van der Waals surface area contributed by atoms with Crippen molar-refractivity contribution in [1.29, 1.82) is 0 Å². The molecule has 0 aromatic rings. The summed E-state index contributed by atoms with van der Waals surface area (Å²) in [6, 6.07) is 0. The smallest absolute Gasteiger partial charge is 0.317 e. The van der Waals surface area contributed by atoms with Crippen LogP contribution in [0.5, 0.6) is 0 Å². The van der Waals surface area contributed by atoms with Gasteiger partial charge in [-0.3, -0.25) is 4.18 Å². The molecule has 1 heterocycles. The van der Waals surface area contributed by atoms with Crippen LogP contribution < -0.4 is 5.32 Å². The average Bonchev–Trinajstić information content (AvgIpc) is 2.72.